The van der Waals surface area contributed by atoms with Crippen molar-refractivity contribution >= 4 is 46.6 Å². The Balaban J connectivity index is 1.49. The first-order valence-corrected chi connectivity index (χ1v) is 11.7. The summed E-state index contributed by atoms with van der Waals surface area (Å²) < 4.78 is 0. The van der Waals surface area contributed by atoms with Gasteiger partial charge in [0.15, 0.2) is 0 Å². The number of nitrogens with zero attached hydrogens (tertiary/aromatic N) is 1. The molecule has 1 aliphatic rings. The van der Waals surface area contributed by atoms with Crippen LogP contribution >= 0.6 is 23.4 Å². The number of amides is 2. The molecule has 4 nitrogen and oxygen atoms in total. The number of carbonyl (C=O) groups excluding carboxylic acids is 2. The fourth-order valence-corrected chi connectivity index (χ4v) is 4.96. The topological polar surface area (TPSA) is 49.4 Å². The SMILES string of the molecule is CCc1cccc(N2C(=O)CS[C@@H]2c2ccc(NC(=O)[C@H](Cl)c3ccccc3)cc2)c1. The Morgan fingerprint density at radius 2 is 1.84 bits per heavy atom. The number of hydrogen-bond acceptors (Lipinski definition) is 3. The predicted octanol–water partition coefficient (Wildman–Crippen LogP) is 5.95. The van der Waals surface area contributed by atoms with Gasteiger partial charge in [-0.25, -0.2) is 0 Å². The van der Waals surface area contributed by atoms with Crippen LogP contribution in [0.2, 0.25) is 0 Å². The van der Waals surface area contributed by atoms with E-state index in [2.05, 4.69) is 24.4 Å². The highest BCUT2D eigenvalue weighted by Gasteiger charge is 2.34. The fraction of sp³-hybridized carbons (Fsp3) is 0.200. The Morgan fingerprint density at radius 1 is 1.10 bits per heavy atom. The van der Waals surface area contributed by atoms with E-state index in [9.17, 15) is 9.59 Å². The van der Waals surface area contributed by atoms with Crippen LogP contribution < -0.4 is 10.2 Å². The van der Waals surface area contributed by atoms with Crippen LogP contribution in [-0.2, 0) is 16.0 Å². The summed E-state index contributed by atoms with van der Waals surface area (Å²) in [4.78, 5) is 27.0. The van der Waals surface area contributed by atoms with Crippen molar-refractivity contribution in [3.8, 4) is 0 Å². The zero-order valence-electron chi connectivity index (χ0n) is 17.1. The highest BCUT2D eigenvalue weighted by molar-refractivity contribution is 8.00. The Kier molecular flexibility index (Phi) is 6.64. The number of benzene rings is 3. The summed E-state index contributed by atoms with van der Waals surface area (Å²) in [5.74, 6) is 0.280. The number of alkyl halides is 1. The van der Waals surface area contributed by atoms with Gasteiger partial charge in [-0.1, -0.05) is 61.5 Å². The molecule has 0 radical (unpaired) electrons. The number of hydrogen-bond donors (Lipinski definition) is 1. The molecule has 3 aromatic carbocycles. The molecule has 31 heavy (non-hydrogen) atoms. The number of nitrogens with one attached hydrogen (secondary N) is 1. The molecule has 2 amide bonds. The quantitative estimate of drug-likeness (QED) is 0.472. The van der Waals surface area contributed by atoms with Gasteiger partial charge in [0.05, 0.1) is 5.75 Å². The predicted molar refractivity (Wildman–Crippen MR) is 129 cm³/mol. The Labute approximate surface area is 191 Å². The molecule has 0 unspecified atom stereocenters. The standard InChI is InChI=1S/C25H23ClN2O2S/c1-2-17-7-6-10-21(15-17)28-22(29)16-31-25(28)19-11-13-20(14-12-19)27-24(30)23(26)18-8-4-3-5-9-18/h3-15,23,25H,2,16H2,1H3,(H,27,30)/t23-,25-/m1/s1. The molecule has 2 atom stereocenters. The van der Waals surface area contributed by atoms with Gasteiger partial charge in [0, 0.05) is 11.4 Å². The molecule has 6 heteroatoms. The molecule has 3 aromatic rings. The van der Waals surface area contributed by atoms with E-state index in [1.54, 1.807) is 11.8 Å². The second-order valence-corrected chi connectivity index (χ2v) is 8.84. The molecule has 0 saturated carbocycles. The van der Waals surface area contributed by atoms with E-state index in [-0.39, 0.29) is 17.2 Å². The molecule has 1 heterocycles. The average molecular weight is 451 g/mol. The number of rotatable bonds is 6. The molecule has 1 saturated heterocycles. The fourth-order valence-electron chi connectivity index (χ4n) is 3.59. The van der Waals surface area contributed by atoms with Gasteiger partial charge in [-0.15, -0.1) is 23.4 Å². The maximum absolute atomic E-state index is 12.6. The largest absolute Gasteiger partial charge is 0.325 e. The zero-order valence-corrected chi connectivity index (χ0v) is 18.7. The first-order valence-electron chi connectivity index (χ1n) is 10.2. The van der Waals surface area contributed by atoms with Gasteiger partial charge >= 0.3 is 0 Å². The maximum atomic E-state index is 12.6. The van der Waals surface area contributed by atoms with Crippen molar-refractivity contribution < 1.29 is 9.59 Å². The van der Waals surface area contributed by atoms with Crippen LogP contribution in [0.25, 0.3) is 0 Å². The lowest BCUT2D eigenvalue weighted by Crippen LogP contribution is -2.27. The first-order chi connectivity index (χ1) is 15.1. The highest BCUT2D eigenvalue weighted by atomic mass is 35.5. The van der Waals surface area contributed by atoms with Crippen LogP contribution in [-0.4, -0.2) is 17.6 Å². The molecule has 0 bridgehead atoms. The molecule has 0 spiro atoms. The molecule has 4 rings (SSSR count). The molecule has 1 fully saturated rings. The molecule has 1 aliphatic heterocycles. The summed E-state index contributed by atoms with van der Waals surface area (Å²) in [5, 5.41) is 2.02. The minimum atomic E-state index is -0.759. The lowest BCUT2D eigenvalue weighted by molar-refractivity contribution is -0.116. The van der Waals surface area contributed by atoms with Crippen molar-refractivity contribution in [3.05, 3.63) is 95.6 Å². The van der Waals surface area contributed by atoms with E-state index in [0.29, 0.717) is 11.4 Å². The van der Waals surface area contributed by atoms with Crippen LogP contribution in [0.5, 0.6) is 0 Å². The monoisotopic (exact) mass is 450 g/mol. The number of carbonyl (C=O) groups is 2. The van der Waals surface area contributed by atoms with Crippen molar-refractivity contribution in [3.63, 3.8) is 0 Å². The Morgan fingerprint density at radius 3 is 2.55 bits per heavy atom. The van der Waals surface area contributed by atoms with E-state index >= 15 is 0 Å². The maximum Gasteiger partial charge on any atom is 0.246 e. The van der Waals surface area contributed by atoms with E-state index in [1.807, 2.05) is 71.6 Å². The smallest absolute Gasteiger partial charge is 0.246 e. The van der Waals surface area contributed by atoms with Gasteiger partial charge < -0.3 is 5.32 Å². The third-order valence-corrected chi connectivity index (χ3v) is 6.91. The third-order valence-electron chi connectivity index (χ3n) is 5.25. The number of aryl methyl sites for hydroxylation is 1. The Bertz CT molecular complexity index is 1070. The van der Waals surface area contributed by atoms with Gasteiger partial charge in [-0.05, 0) is 47.4 Å². The van der Waals surface area contributed by atoms with Crippen LogP contribution in [0, 0.1) is 0 Å². The minimum Gasteiger partial charge on any atom is -0.325 e. The lowest BCUT2D eigenvalue weighted by atomic mass is 10.1. The van der Waals surface area contributed by atoms with Crippen molar-refractivity contribution in [1.29, 1.82) is 0 Å². The number of thioether (sulfide) groups is 1. The second kappa shape index (κ2) is 9.58. The molecule has 1 N–H and O–H groups in total. The third kappa shape index (κ3) is 4.78. The van der Waals surface area contributed by atoms with E-state index in [0.717, 1.165) is 23.2 Å². The summed E-state index contributed by atoms with van der Waals surface area (Å²) >= 11 is 7.92. The van der Waals surface area contributed by atoms with Crippen LogP contribution in [0.3, 0.4) is 0 Å². The number of anilines is 2. The Hall–Kier alpha value is -2.76. The highest BCUT2D eigenvalue weighted by Crippen LogP contribution is 2.42. The van der Waals surface area contributed by atoms with E-state index in [4.69, 9.17) is 11.6 Å². The summed E-state index contributed by atoms with van der Waals surface area (Å²) in [6.07, 6.45) is 0.923. The minimum absolute atomic E-state index is 0.0885. The summed E-state index contributed by atoms with van der Waals surface area (Å²) in [6, 6.07) is 25.0. The second-order valence-electron chi connectivity index (χ2n) is 7.34. The van der Waals surface area contributed by atoms with E-state index in [1.165, 1.54) is 5.56 Å². The van der Waals surface area contributed by atoms with Crippen LogP contribution in [0.15, 0.2) is 78.9 Å². The summed E-state index contributed by atoms with van der Waals surface area (Å²) in [7, 11) is 0. The number of halogens is 1. The summed E-state index contributed by atoms with van der Waals surface area (Å²) in [5.41, 5.74) is 4.56. The average Bonchev–Trinajstić information content (AvgIpc) is 3.21. The van der Waals surface area contributed by atoms with Gasteiger partial charge in [-0.2, -0.15) is 0 Å². The lowest BCUT2D eigenvalue weighted by Gasteiger charge is -2.25. The van der Waals surface area contributed by atoms with Gasteiger partial charge in [0.25, 0.3) is 0 Å². The van der Waals surface area contributed by atoms with Crippen molar-refractivity contribution in [2.75, 3.05) is 16.0 Å². The van der Waals surface area contributed by atoms with Crippen molar-refractivity contribution in [2.45, 2.75) is 24.1 Å². The van der Waals surface area contributed by atoms with Crippen molar-refractivity contribution in [2.24, 2.45) is 0 Å². The van der Waals surface area contributed by atoms with Crippen molar-refractivity contribution in [1.82, 2.24) is 0 Å². The normalized spacial score (nSPS) is 16.9. The summed E-state index contributed by atoms with van der Waals surface area (Å²) in [6.45, 7) is 2.10. The molecule has 0 aromatic heterocycles. The van der Waals surface area contributed by atoms with Crippen LogP contribution in [0.4, 0.5) is 11.4 Å². The zero-order chi connectivity index (χ0) is 21.8. The van der Waals surface area contributed by atoms with Crippen LogP contribution in [0.1, 0.15) is 34.4 Å². The van der Waals surface area contributed by atoms with E-state index < -0.39 is 5.38 Å². The van der Waals surface area contributed by atoms with Gasteiger partial charge in [0.2, 0.25) is 11.8 Å². The molecular formula is C25H23ClN2O2S. The first kappa shape index (κ1) is 21.5. The van der Waals surface area contributed by atoms with Gasteiger partial charge in [0.1, 0.15) is 10.8 Å². The molecule has 0 aliphatic carbocycles. The molecular weight excluding hydrogens is 428 g/mol. The molecule has 158 valence electrons. The van der Waals surface area contributed by atoms with Gasteiger partial charge in [-0.3, -0.25) is 14.5 Å².